The smallest absolute Gasteiger partial charge is 0.229 e. The summed E-state index contributed by atoms with van der Waals surface area (Å²) in [6.07, 6.45) is 0. The third kappa shape index (κ3) is 2.52. The summed E-state index contributed by atoms with van der Waals surface area (Å²) in [6, 6.07) is 19.1. The minimum absolute atomic E-state index is 0.288. The van der Waals surface area contributed by atoms with Crippen LogP contribution in [0.2, 0.25) is 0 Å². The first-order chi connectivity index (χ1) is 12.8. The molecule has 130 valence electrons. The largest absolute Gasteiger partial charge is 0.332 e. The highest BCUT2D eigenvalue weighted by atomic mass is 32.2. The van der Waals surface area contributed by atoms with Crippen LogP contribution >= 0.6 is 11.8 Å². The van der Waals surface area contributed by atoms with Crippen molar-refractivity contribution in [2.24, 2.45) is 0 Å². The van der Waals surface area contributed by atoms with Gasteiger partial charge in [0.25, 0.3) is 0 Å². The van der Waals surface area contributed by atoms with E-state index in [1.165, 1.54) is 5.56 Å². The molecule has 1 aliphatic rings. The Balaban J connectivity index is 1.73. The summed E-state index contributed by atoms with van der Waals surface area (Å²) in [5.41, 5.74) is 3.17. The fourth-order valence-corrected chi connectivity index (χ4v) is 4.71. The van der Waals surface area contributed by atoms with Crippen molar-refractivity contribution >= 4 is 34.3 Å². The van der Waals surface area contributed by atoms with E-state index in [1.54, 1.807) is 0 Å². The topological polar surface area (TPSA) is 46.3 Å². The van der Waals surface area contributed by atoms with Crippen molar-refractivity contribution in [1.82, 2.24) is 19.6 Å². The van der Waals surface area contributed by atoms with E-state index < -0.39 is 0 Å². The van der Waals surface area contributed by atoms with Crippen molar-refractivity contribution in [3.63, 3.8) is 0 Å². The Morgan fingerprint density at radius 1 is 1.00 bits per heavy atom. The molecule has 0 saturated carbocycles. The summed E-state index contributed by atoms with van der Waals surface area (Å²) in [4.78, 5) is 12.1. The number of nitrogens with zero attached hydrogens (tertiary/aromatic N) is 5. The molecule has 0 bridgehead atoms. The van der Waals surface area contributed by atoms with Crippen LogP contribution in [-0.2, 0) is 0 Å². The first-order valence-electron chi connectivity index (χ1n) is 8.83. The van der Waals surface area contributed by atoms with Gasteiger partial charge in [0.15, 0.2) is 5.65 Å². The number of anilines is 1. The Hall–Kier alpha value is -2.60. The van der Waals surface area contributed by atoms with E-state index in [0.29, 0.717) is 0 Å². The van der Waals surface area contributed by atoms with Crippen LogP contribution in [0.15, 0.2) is 54.6 Å². The predicted octanol–water partition coefficient (Wildman–Crippen LogP) is 3.88. The SMILES string of the molecule is Cc1nc2c3ccccc3nc(N3CCSC[C@@H]3c3ccccc3)n2n1. The maximum Gasteiger partial charge on any atom is 0.229 e. The average Bonchev–Trinajstić information content (AvgIpc) is 3.10. The molecular formula is C20H19N5S. The van der Waals surface area contributed by atoms with E-state index in [2.05, 4.69) is 57.4 Å². The zero-order chi connectivity index (χ0) is 17.5. The van der Waals surface area contributed by atoms with Crippen LogP contribution < -0.4 is 4.90 Å². The van der Waals surface area contributed by atoms with E-state index >= 15 is 0 Å². The van der Waals surface area contributed by atoms with Crippen molar-refractivity contribution in [2.45, 2.75) is 13.0 Å². The summed E-state index contributed by atoms with van der Waals surface area (Å²) in [7, 11) is 0. The normalized spacial score (nSPS) is 17.9. The van der Waals surface area contributed by atoms with Gasteiger partial charge in [-0.2, -0.15) is 16.3 Å². The Labute approximate surface area is 156 Å². The standard InChI is InChI=1S/C20H19N5S/c1-14-21-19-16-9-5-6-10-17(16)22-20(25(19)23-14)24-11-12-26-13-18(24)15-7-3-2-4-8-15/h2-10,18H,11-13H2,1H3/t18-/m1/s1. The molecule has 0 radical (unpaired) electrons. The van der Waals surface area contributed by atoms with Crippen LogP contribution in [0.3, 0.4) is 0 Å². The van der Waals surface area contributed by atoms with Gasteiger partial charge < -0.3 is 4.90 Å². The van der Waals surface area contributed by atoms with Gasteiger partial charge in [-0.05, 0) is 24.6 Å². The van der Waals surface area contributed by atoms with Crippen LogP contribution in [0.4, 0.5) is 5.95 Å². The van der Waals surface area contributed by atoms with Gasteiger partial charge in [-0.1, -0.05) is 42.5 Å². The third-order valence-corrected chi connectivity index (χ3v) is 5.86. The molecule has 1 saturated heterocycles. The van der Waals surface area contributed by atoms with E-state index in [9.17, 15) is 0 Å². The minimum atomic E-state index is 0.288. The Kier molecular flexibility index (Phi) is 3.78. The van der Waals surface area contributed by atoms with Crippen molar-refractivity contribution < 1.29 is 0 Å². The quantitative estimate of drug-likeness (QED) is 0.542. The number of aromatic nitrogens is 4. The fraction of sp³-hybridized carbons (Fsp3) is 0.250. The van der Waals surface area contributed by atoms with Crippen LogP contribution in [-0.4, -0.2) is 37.6 Å². The molecule has 26 heavy (non-hydrogen) atoms. The second-order valence-corrected chi connectivity index (χ2v) is 7.67. The minimum Gasteiger partial charge on any atom is -0.332 e. The molecule has 1 fully saturated rings. The maximum atomic E-state index is 4.99. The molecule has 5 nitrogen and oxygen atoms in total. The molecule has 1 atom stereocenters. The maximum absolute atomic E-state index is 4.99. The molecule has 2 aromatic carbocycles. The van der Waals surface area contributed by atoms with Gasteiger partial charge in [0.2, 0.25) is 5.95 Å². The highest BCUT2D eigenvalue weighted by Gasteiger charge is 2.28. The summed E-state index contributed by atoms with van der Waals surface area (Å²) in [5.74, 6) is 3.79. The zero-order valence-corrected chi connectivity index (χ0v) is 15.4. The summed E-state index contributed by atoms with van der Waals surface area (Å²) in [6.45, 7) is 2.88. The average molecular weight is 361 g/mol. The van der Waals surface area contributed by atoms with Crippen LogP contribution in [0, 0.1) is 6.92 Å². The van der Waals surface area contributed by atoms with Crippen molar-refractivity contribution in [2.75, 3.05) is 23.0 Å². The molecule has 0 spiro atoms. The number of fused-ring (bicyclic) bond motifs is 3. The van der Waals surface area contributed by atoms with Crippen LogP contribution in [0.25, 0.3) is 16.6 Å². The monoisotopic (exact) mass is 361 g/mol. The van der Waals surface area contributed by atoms with Crippen molar-refractivity contribution in [3.8, 4) is 0 Å². The highest BCUT2D eigenvalue weighted by molar-refractivity contribution is 7.99. The number of rotatable bonds is 2. The highest BCUT2D eigenvalue weighted by Crippen LogP contribution is 2.34. The molecule has 0 N–H and O–H groups in total. The van der Waals surface area contributed by atoms with E-state index in [1.807, 2.05) is 35.3 Å². The summed E-state index contributed by atoms with van der Waals surface area (Å²) >= 11 is 2.00. The van der Waals surface area contributed by atoms with E-state index in [-0.39, 0.29) is 6.04 Å². The zero-order valence-electron chi connectivity index (χ0n) is 14.5. The number of hydrogen-bond donors (Lipinski definition) is 0. The van der Waals surface area contributed by atoms with E-state index in [0.717, 1.165) is 46.4 Å². The summed E-state index contributed by atoms with van der Waals surface area (Å²) < 4.78 is 1.92. The lowest BCUT2D eigenvalue weighted by Crippen LogP contribution is -2.38. The van der Waals surface area contributed by atoms with E-state index in [4.69, 9.17) is 4.98 Å². The Morgan fingerprint density at radius 3 is 2.69 bits per heavy atom. The molecule has 1 aliphatic heterocycles. The number of thioether (sulfide) groups is 1. The van der Waals surface area contributed by atoms with Crippen LogP contribution in [0.5, 0.6) is 0 Å². The molecule has 0 amide bonds. The number of para-hydroxylation sites is 1. The summed E-state index contributed by atoms with van der Waals surface area (Å²) in [5, 5.41) is 5.70. The first-order valence-corrected chi connectivity index (χ1v) is 9.98. The second-order valence-electron chi connectivity index (χ2n) is 6.52. The molecule has 2 aromatic heterocycles. The van der Waals surface area contributed by atoms with Crippen LogP contribution in [0.1, 0.15) is 17.4 Å². The first kappa shape index (κ1) is 15.6. The molecule has 6 heteroatoms. The Morgan fingerprint density at radius 2 is 1.81 bits per heavy atom. The predicted molar refractivity (Wildman–Crippen MR) is 107 cm³/mol. The van der Waals surface area contributed by atoms with Gasteiger partial charge in [0.1, 0.15) is 5.82 Å². The lowest BCUT2D eigenvalue weighted by atomic mass is 10.1. The molecular weight excluding hydrogens is 342 g/mol. The molecule has 3 heterocycles. The molecule has 0 aliphatic carbocycles. The molecule has 0 unspecified atom stereocenters. The molecule has 5 rings (SSSR count). The number of benzene rings is 2. The van der Waals surface area contributed by atoms with Gasteiger partial charge in [-0.15, -0.1) is 5.10 Å². The second kappa shape index (κ2) is 6.29. The van der Waals surface area contributed by atoms with Gasteiger partial charge in [0, 0.05) is 23.4 Å². The van der Waals surface area contributed by atoms with Crippen molar-refractivity contribution in [3.05, 3.63) is 66.0 Å². The van der Waals surface area contributed by atoms with Gasteiger partial charge in [-0.25, -0.2) is 9.97 Å². The van der Waals surface area contributed by atoms with Gasteiger partial charge in [-0.3, -0.25) is 0 Å². The van der Waals surface area contributed by atoms with Gasteiger partial charge in [0.05, 0.1) is 11.6 Å². The Bertz CT molecular complexity index is 1080. The number of hydrogen-bond acceptors (Lipinski definition) is 5. The van der Waals surface area contributed by atoms with Gasteiger partial charge >= 0.3 is 0 Å². The lowest BCUT2D eigenvalue weighted by Gasteiger charge is -2.36. The fourth-order valence-electron chi connectivity index (χ4n) is 3.62. The van der Waals surface area contributed by atoms with Crippen molar-refractivity contribution in [1.29, 1.82) is 0 Å². The number of aryl methyl sites for hydroxylation is 1. The third-order valence-electron chi connectivity index (χ3n) is 4.84. The lowest BCUT2D eigenvalue weighted by molar-refractivity contribution is 0.651. The molecule has 4 aromatic rings.